The molecule has 1 heterocycles. The van der Waals surface area contributed by atoms with E-state index in [1.807, 2.05) is 37.4 Å². The van der Waals surface area contributed by atoms with Gasteiger partial charge in [0.1, 0.15) is 17.7 Å². The van der Waals surface area contributed by atoms with Gasteiger partial charge in [-0.05, 0) is 56.3 Å². The van der Waals surface area contributed by atoms with Crippen molar-refractivity contribution in [2.45, 2.75) is 71.8 Å². The van der Waals surface area contributed by atoms with Crippen molar-refractivity contribution in [2.24, 2.45) is 21.6 Å². The highest BCUT2D eigenvalue weighted by Crippen LogP contribution is 2.30. The molecule has 0 bridgehead atoms. The second-order valence-corrected chi connectivity index (χ2v) is 8.95. The number of para-hydroxylation sites is 1. The summed E-state index contributed by atoms with van der Waals surface area (Å²) in [7, 11) is 1.66. The van der Waals surface area contributed by atoms with E-state index in [0.29, 0.717) is 0 Å². The average molecular weight is 476 g/mol. The van der Waals surface area contributed by atoms with Crippen LogP contribution in [0.4, 0.5) is 0 Å². The van der Waals surface area contributed by atoms with Crippen molar-refractivity contribution >= 4 is 23.5 Å². The van der Waals surface area contributed by atoms with Crippen molar-refractivity contribution < 1.29 is 4.74 Å². The van der Waals surface area contributed by atoms with Gasteiger partial charge in [-0.25, -0.2) is 4.99 Å². The molecule has 0 aliphatic heterocycles. The van der Waals surface area contributed by atoms with Crippen LogP contribution in [0.25, 0.3) is 10.9 Å². The van der Waals surface area contributed by atoms with Gasteiger partial charge in [-0.1, -0.05) is 63.7 Å². The van der Waals surface area contributed by atoms with E-state index in [1.165, 1.54) is 44.7 Å². The van der Waals surface area contributed by atoms with Crippen molar-refractivity contribution in [3.05, 3.63) is 53.9 Å². The predicted molar refractivity (Wildman–Crippen MR) is 148 cm³/mol. The SMILES string of the molecule is C=NC(=NCCC1CCCCC1)/C(C)=C/C=C\N.CCCCn1cc(C#N)c2cccc(OC)c21. The minimum atomic E-state index is 0.718. The van der Waals surface area contributed by atoms with Crippen molar-refractivity contribution in [2.75, 3.05) is 13.7 Å². The number of nitrogens with zero attached hydrogens (tertiary/aromatic N) is 4. The van der Waals surface area contributed by atoms with Gasteiger partial charge >= 0.3 is 0 Å². The Hall–Kier alpha value is -3.33. The monoisotopic (exact) mass is 475 g/mol. The molecule has 0 radical (unpaired) electrons. The fourth-order valence-corrected chi connectivity index (χ4v) is 4.49. The number of aromatic nitrogens is 1. The van der Waals surface area contributed by atoms with Crippen LogP contribution in [0.2, 0.25) is 0 Å². The molecule has 0 saturated heterocycles. The minimum Gasteiger partial charge on any atom is -0.495 e. The molecule has 6 nitrogen and oxygen atoms in total. The van der Waals surface area contributed by atoms with Crippen LogP contribution in [-0.4, -0.2) is 30.8 Å². The summed E-state index contributed by atoms with van der Waals surface area (Å²) in [6, 6.07) is 8.07. The van der Waals surface area contributed by atoms with E-state index in [9.17, 15) is 0 Å². The average Bonchev–Trinajstić information content (AvgIpc) is 3.27. The number of aliphatic imine (C=N–C) groups is 2. The summed E-state index contributed by atoms with van der Waals surface area (Å²) in [5.74, 6) is 2.44. The van der Waals surface area contributed by atoms with Crippen LogP contribution >= 0.6 is 0 Å². The van der Waals surface area contributed by atoms with Crippen LogP contribution in [0.1, 0.15) is 70.8 Å². The number of fused-ring (bicyclic) bond motifs is 1. The first-order valence-electron chi connectivity index (χ1n) is 12.7. The van der Waals surface area contributed by atoms with Crippen molar-refractivity contribution in [1.29, 1.82) is 5.26 Å². The molecule has 0 spiro atoms. The quantitative estimate of drug-likeness (QED) is 0.246. The lowest BCUT2D eigenvalue weighted by atomic mass is 9.87. The Kier molecular flexibility index (Phi) is 12.4. The van der Waals surface area contributed by atoms with E-state index in [-0.39, 0.29) is 0 Å². The molecule has 0 amide bonds. The number of hydrogen-bond acceptors (Lipinski definition) is 4. The summed E-state index contributed by atoms with van der Waals surface area (Å²) in [6.07, 6.45) is 17.5. The first kappa shape index (κ1) is 27.9. The molecular formula is C29H41N5O. The highest BCUT2D eigenvalue weighted by molar-refractivity contribution is 6.00. The topological polar surface area (TPSA) is 88.7 Å². The standard InChI is InChI=1S/C15H25N3.C14H16N2O/c1-13(7-6-11-16)15(17-2)18-12-10-14-8-4-3-5-9-14;1-3-4-8-16-10-11(9-15)12-6-5-7-13(17-2)14(12)16/h6-7,11,14H,2-5,8-10,12,16H2,1H3;5-7,10H,3-4,8H2,1-2H3/b11-6-,13-7+,18-15?;. The van der Waals surface area contributed by atoms with Gasteiger partial charge in [-0.3, -0.25) is 4.99 Å². The molecule has 3 rings (SSSR count). The fraction of sp³-hybridized carbons (Fsp3) is 0.483. The maximum atomic E-state index is 9.13. The Bertz CT molecular complexity index is 1060. The molecule has 35 heavy (non-hydrogen) atoms. The van der Waals surface area contributed by atoms with Gasteiger partial charge in [0.15, 0.2) is 0 Å². The van der Waals surface area contributed by atoms with Crippen LogP contribution in [0, 0.1) is 17.2 Å². The second-order valence-electron chi connectivity index (χ2n) is 8.95. The second kappa shape index (κ2) is 15.5. The van der Waals surface area contributed by atoms with Crippen molar-refractivity contribution in [3.63, 3.8) is 0 Å². The third-order valence-electron chi connectivity index (χ3n) is 6.44. The lowest BCUT2D eigenvalue weighted by Crippen LogP contribution is -2.08. The summed E-state index contributed by atoms with van der Waals surface area (Å²) < 4.78 is 7.50. The summed E-state index contributed by atoms with van der Waals surface area (Å²) in [5.41, 5.74) is 8.06. The third kappa shape index (κ3) is 8.43. The molecule has 1 fully saturated rings. The number of benzene rings is 1. The number of hydrogen-bond donors (Lipinski definition) is 1. The molecule has 2 N–H and O–H groups in total. The zero-order valence-corrected chi connectivity index (χ0v) is 21.7. The maximum absolute atomic E-state index is 9.13. The Morgan fingerprint density at radius 1 is 1.31 bits per heavy atom. The molecule has 1 aromatic carbocycles. The fourth-order valence-electron chi connectivity index (χ4n) is 4.49. The molecule has 6 heteroatoms. The Morgan fingerprint density at radius 2 is 2.09 bits per heavy atom. The van der Waals surface area contributed by atoms with Crippen LogP contribution in [0.5, 0.6) is 5.75 Å². The van der Waals surface area contributed by atoms with E-state index in [0.717, 1.165) is 65.5 Å². The van der Waals surface area contributed by atoms with E-state index < -0.39 is 0 Å². The first-order chi connectivity index (χ1) is 17.1. The molecular weight excluding hydrogens is 434 g/mol. The molecule has 2 aromatic rings. The summed E-state index contributed by atoms with van der Waals surface area (Å²) in [4.78, 5) is 8.51. The van der Waals surface area contributed by atoms with Gasteiger partial charge in [0.2, 0.25) is 0 Å². The van der Waals surface area contributed by atoms with Gasteiger partial charge in [0, 0.05) is 24.7 Å². The zero-order valence-electron chi connectivity index (χ0n) is 21.7. The van der Waals surface area contributed by atoms with Gasteiger partial charge in [-0.15, -0.1) is 0 Å². The number of aryl methyl sites for hydroxylation is 1. The van der Waals surface area contributed by atoms with Crippen LogP contribution in [-0.2, 0) is 6.54 Å². The molecule has 0 atom stereocenters. The zero-order chi connectivity index (χ0) is 25.5. The summed E-state index contributed by atoms with van der Waals surface area (Å²) >= 11 is 0. The maximum Gasteiger partial charge on any atom is 0.149 e. The van der Waals surface area contributed by atoms with Crippen molar-refractivity contribution in [3.8, 4) is 11.8 Å². The Morgan fingerprint density at radius 3 is 2.71 bits per heavy atom. The number of unbranched alkanes of at least 4 members (excludes halogenated alkanes) is 1. The van der Waals surface area contributed by atoms with Crippen LogP contribution in [0.15, 0.2) is 58.3 Å². The van der Waals surface area contributed by atoms with E-state index >= 15 is 0 Å². The molecule has 1 aliphatic carbocycles. The number of methoxy groups -OCH3 is 1. The van der Waals surface area contributed by atoms with Gasteiger partial charge < -0.3 is 15.0 Å². The van der Waals surface area contributed by atoms with Crippen molar-refractivity contribution in [1.82, 2.24) is 4.57 Å². The van der Waals surface area contributed by atoms with E-state index in [4.69, 9.17) is 15.7 Å². The number of allylic oxidation sites excluding steroid dienone is 2. The number of ether oxygens (including phenoxy) is 1. The third-order valence-corrected chi connectivity index (χ3v) is 6.44. The lowest BCUT2D eigenvalue weighted by molar-refractivity contribution is 0.343. The number of amidine groups is 1. The van der Waals surface area contributed by atoms with E-state index in [2.05, 4.69) is 34.3 Å². The molecule has 188 valence electrons. The highest BCUT2D eigenvalue weighted by Gasteiger charge is 2.13. The normalized spacial score (nSPS) is 15.0. The molecule has 0 unspecified atom stereocenters. The number of nitrogens with two attached hydrogens (primary N) is 1. The van der Waals surface area contributed by atoms with E-state index in [1.54, 1.807) is 13.2 Å². The predicted octanol–water partition coefficient (Wildman–Crippen LogP) is 6.80. The molecule has 1 aromatic heterocycles. The summed E-state index contributed by atoms with van der Waals surface area (Å²) in [5, 5.41) is 10.1. The number of nitriles is 1. The lowest BCUT2D eigenvalue weighted by Gasteiger charge is -2.20. The van der Waals surface area contributed by atoms with Gasteiger partial charge in [0.25, 0.3) is 0 Å². The minimum absolute atomic E-state index is 0.718. The molecule has 1 saturated carbocycles. The number of rotatable bonds is 9. The first-order valence-corrected chi connectivity index (χ1v) is 12.7. The van der Waals surface area contributed by atoms with Crippen LogP contribution < -0.4 is 10.5 Å². The highest BCUT2D eigenvalue weighted by atomic mass is 16.5. The Balaban J connectivity index is 0.000000247. The van der Waals surface area contributed by atoms with Crippen LogP contribution in [0.3, 0.4) is 0 Å². The molecule has 1 aliphatic rings. The smallest absolute Gasteiger partial charge is 0.149 e. The largest absolute Gasteiger partial charge is 0.495 e. The van der Waals surface area contributed by atoms with Gasteiger partial charge in [0.05, 0.1) is 18.2 Å². The summed E-state index contributed by atoms with van der Waals surface area (Å²) in [6.45, 7) is 9.50. The van der Waals surface area contributed by atoms with Gasteiger partial charge in [-0.2, -0.15) is 5.26 Å². The Labute approximate surface area is 210 Å².